The van der Waals surface area contributed by atoms with Crippen LogP contribution in [0.3, 0.4) is 0 Å². The predicted molar refractivity (Wildman–Crippen MR) is 117 cm³/mol. The summed E-state index contributed by atoms with van der Waals surface area (Å²) < 4.78 is 40.0. The Morgan fingerprint density at radius 2 is 1.58 bits per heavy atom. The summed E-state index contributed by atoms with van der Waals surface area (Å²) in [6.45, 7) is 0. The molecule has 0 saturated heterocycles. The van der Waals surface area contributed by atoms with Gasteiger partial charge in [0.1, 0.15) is 17.3 Å². The van der Waals surface area contributed by atoms with Crippen LogP contribution in [0.4, 0.5) is 4.39 Å². The van der Waals surface area contributed by atoms with Crippen molar-refractivity contribution in [3.63, 3.8) is 0 Å². The van der Waals surface area contributed by atoms with Gasteiger partial charge in [0.15, 0.2) is 17.3 Å². The van der Waals surface area contributed by atoms with Crippen molar-refractivity contribution in [3.05, 3.63) is 82.9 Å². The Balaban J connectivity index is 1.56. The van der Waals surface area contributed by atoms with Crippen LogP contribution in [0.5, 0.6) is 28.7 Å². The smallest absolute Gasteiger partial charge is 0.343 e. The Morgan fingerprint density at radius 1 is 0.909 bits per heavy atom. The molecule has 0 atom stereocenters. The fourth-order valence-corrected chi connectivity index (χ4v) is 3.31. The Labute approximate surface area is 188 Å². The van der Waals surface area contributed by atoms with Crippen LogP contribution >= 0.6 is 0 Å². The van der Waals surface area contributed by atoms with E-state index in [1.807, 2.05) is 0 Å². The second-order valence-electron chi connectivity index (χ2n) is 6.95. The Morgan fingerprint density at radius 3 is 2.18 bits per heavy atom. The number of methoxy groups -OCH3 is 3. The summed E-state index contributed by atoms with van der Waals surface area (Å²) in [6, 6.07) is 13.1. The molecule has 0 radical (unpaired) electrons. The van der Waals surface area contributed by atoms with Gasteiger partial charge in [0, 0.05) is 6.07 Å². The molecule has 0 bridgehead atoms. The molecule has 0 unspecified atom stereocenters. The normalized spacial score (nSPS) is 13.3. The monoisotopic (exact) mass is 450 g/mol. The van der Waals surface area contributed by atoms with Crippen molar-refractivity contribution in [2.75, 3.05) is 21.3 Å². The van der Waals surface area contributed by atoms with Crippen LogP contribution in [0.2, 0.25) is 0 Å². The Hall–Kier alpha value is -4.33. The molecule has 1 aliphatic rings. The molecule has 4 rings (SSSR count). The second kappa shape index (κ2) is 9.04. The van der Waals surface area contributed by atoms with Crippen molar-refractivity contribution in [2.24, 2.45) is 0 Å². The number of hydrogen-bond acceptors (Lipinski definition) is 7. The molecule has 0 spiro atoms. The molecule has 1 aliphatic heterocycles. The molecule has 0 fully saturated rings. The van der Waals surface area contributed by atoms with Gasteiger partial charge in [-0.05, 0) is 48.0 Å². The number of ether oxygens (including phenoxy) is 5. The molecule has 3 aromatic rings. The molecule has 0 amide bonds. The first-order valence-electron chi connectivity index (χ1n) is 9.79. The number of esters is 1. The van der Waals surface area contributed by atoms with Gasteiger partial charge in [-0.15, -0.1) is 0 Å². The highest BCUT2D eigenvalue weighted by Gasteiger charge is 2.28. The van der Waals surface area contributed by atoms with Crippen molar-refractivity contribution in [2.45, 2.75) is 0 Å². The van der Waals surface area contributed by atoms with Crippen molar-refractivity contribution in [1.82, 2.24) is 0 Å². The third-order valence-electron chi connectivity index (χ3n) is 4.92. The zero-order chi connectivity index (χ0) is 23.5. The van der Waals surface area contributed by atoms with Gasteiger partial charge in [0.2, 0.25) is 11.5 Å². The molecule has 3 aromatic carbocycles. The van der Waals surface area contributed by atoms with Crippen LogP contribution < -0.4 is 23.7 Å². The summed E-state index contributed by atoms with van der Waals surface area (Å²) in [5.41, 5.74) is 1.12. The predicted octanol–water partition coefficient (Wildman–Crippen LogP) is 4.69. The lowest BCUT2D eigenvalue weighted by Gasteiger charge is -2.13. The topological polar surface area (TPSA) is 80.3 Å². The van der Waals surface area contributed by atoms with E-state index in [-0.39, 0.29) is 34.4 Å². The van der Waals surface area contributed by atoms with E-state index in [0.29, 0.717) is 28.4 Å². The maximum Gasteiger partial charge on any atom is 0.343 e. The number of ketones is 1. The minimum Gasteiger partial charge on any atom is -0.493 e. The number of carbonyl (C=O) groups is 2. The zero-order valence-corrected chi connectivity index (χ0v) is 18.0. The van der Waals surface area contributed by atoms with E-state index in [2.05, 4.69) is 0 Å². The quantitative estimate of drug-likeness (QED) is 0.306. The largest absolute Gasteiger partial charge is 0.493 e. The lowest BCUT2D eigenvalue weighted by molar-refractivity contribution is 0.0733. The van der Waals surface area contributed by atoms with Crippen molar-refractivity contribution >= 4 is 17.8 Å². The van der Waals surface area contributed by atoms with Crippen LogP contribution in [-0.2, 0) is 0 Å². The fraction of sp³-hybridized carbons (Fsp3) is 0.120. The molecule has 1 heterocycles. The molecule has 168 valence electrons. The number of rotatable bonds is 6. The van der Waals surface area contributed by atoms with Crippen molar-refractivity contribution in [3.8, 4) is 28.7 Å². The maximum atomic E-state index is 13.1. The Kier molecular flexibility index (Phi) is 5.99. The number of hydrogen-bond donors (Lipinski definition) is 0. The summed E-state index contributed by atoms with van der Waals surface area (Å²) >= 11 is 0. The van der Waals surface area contributed by atoms with E-state index < -0.39 is 5.97 Å². The number of benzene rings is 3. The summed E-state index contributed by atoms with van der Waals surface area (Å²) in [5.74, 6) is 0.123. The molecular weight excluding hydrogens is 431 g/mol. The van der Waals surface area contributed by atoms with Gasteiger partial charge in [-0.3, -0.25) is 4.79 Å². The van der Waals surface area contributed by atoms with E-state index >= 15 is 0 Å². The summed E-state index contributed by atoms with van der Waals surface area (Å²) in [5, 5.41) is 0. The van der Waals surface area contributed by atoms with Crippen LogP contribution in [-0.4, -0.2) is 33.1 Å². The fourth-order valence-electron chi connectivity index (χ4n) is 3.31. The Bertz CT molecular complexity index is 1240. The van der Waals surface area contributed by atoms with E-state index in [9.17, 15) is 14.0 Å². The van der Waals surface area contributed by atoms with Gasteiger partial charge in [0.25, 0.3) is 0 Å². The van der Waals surface area contributed by atoms with Crippen LogP contribution in [0.15, 0.2) is 60.4 Å². The zero-order valence-electron chi connectivity index (χ0n) is 18.0. The molecular formula is C25H19FO7. The van der Waals surface area contributed by atoms with Crippen LogP contribution in [0.25, 0.3) is 6.08 Å². The number of Topliss-reactive ketones (excluding diaryl/α,β-unsaturated/α-hetero) is 1. The molecule has 0 N–H and O–H groups in total. The standard InChI is InChI=1S/C25H19FO7/c1-29-21-11-15(12-22(30-2)24(21)31-3)25(28)32-17-8-9-18-19(13-17)33-20(23(18)27)10-14-4-6-16(26)7-5-14/h4-13H,1-3H3. The molecule has 8 heteroatoms. The minimum absolute atomic E-state index is 0.0877. The van der Waals surface area contributed by atoms with Gasteiger partial charge in [-0.25, -0.2) is 9.18 Å². The van der Waals surface area contributed by atoms with E-state index in [1.165, 1.54) is 82.0 Å². The molecule has 0 aliphatic carbocycles. The van der Waals surface area contributed by atoms with E-state index in [1.54, 1.807) is 0 Å². The first kappa shape index (κ1) is 21.9. The number of fused-ring (bicyclic) bond motifs is 1. The number of halogens is 1. The average Bonchev–Trinajstić information content (AvgIpc) is 3.13. The van der Waals surface area contributed by atoms with E-state index in [0.717, 1.165) is 0 Å². The summed E-state index contributed by atoms with van der Waals surface area (Å²) in [4.78, 5) is 25.3. The van der Waals surface area contributed by atoms with Crippen molar-refractivity contribution in [1.29, 1.82) is 0 Å². The lowest BCUT2D eigenvalue weighted by atomic mass is 10.1. The number of allylic oxidation sites excluding steroid dienone is 1. The minimum atomic E-state index is -0.666. The first-order chi connectivity index (χ1) is 15.9. The molecule has 0 aromatic heterocycles. The maximum absolute atomic E-state index is 13.1. The third-order valence-corrected chi connectivity index (χ3v) is 4.92. The van der Waals surface area contributed by atoms with Gasteiger partial charge in [-0.1, -0.05) is 12.1 Å². The average molecular weight is 450 g/mol. The van der Waals surface area contributed by atoms with Crippen molar-refractivity contribution < 1.29 is 37.7 Å². The van der Waals surface area contributed by atoms with E-state index in [4.69, 9.17) is 23.7 Å². The SMILES string of the molecule is COc1cc(C(=O)Oc2ccc3c(c2)OC(=Cc2ccc(F)cc2)C3=O)cc(OC)c1OC. The number of carbonyl (C=O) groups excluding carboxylic acids is 2. The highest BCUT2D eigenvalue weighted by Crippen LogP contribution is 2.39. The highest BCUT2D eigenvalue weighted by molar-refractivity contribution is 6.14. The first-order valence-corrected chi connectivity index (χ1v) is 9.79. The van der Waals surface area contributed by atoms with Crippen LogP contribution in [0.1, 0.15) is 26.3 Å². The highest BCUT2D eigenvalue weighted by atomic mass is 19.1. The van der Waals surface area contributed by atoms with Crippen LogP contribution in [0, 0.1) is 5.82 Å². The molecule has 7 nitrogen and oxygen atoms in total. The summed E-state index contributed by atoms with van der Waals surface area (Å²) in [6.07, 6.45) is 1.52. The lowest BCUT2D eigenvalue weighted by Crippen LogP contribution is -2.09. The molecule has 33 heavy (non-hydrogen) atoms. The van der Waals surface area contributed by atoms with Gasteiger partial charge >= 0.3 is 5.97 Å². The van der Waals surface area contributed by atoms with Gasteiger partial charge in [-0.2, -0.15) is 0 Å². The second-order valence-corrected chi connectivity index (χ2v) is 6.95. The van der Waals surface area contributed by atoms with Gasteiger partial charge in [0.05, 0.1) is 32.5 Å². The van der Waals surface area contributed by atoms with Gasteiger partial charge < -0.3 is 23.7 Å². The third kappa shape index (κ3) is 4.36. The molecule has 0 saturated carbocycles. The summed E-state index contributed by atoms with van der Waals surface area (Å²) in [7, 11) is 4.35.